The van der Waals surface area contributed by atoms with Crippen molar-refractivity contribution in [3.63, 3.8) is 0 Å². The van der Waals surface area contributed by atoms with Crippen LogP contribution in [0.5, 0.6) is 0 Å². The lowest BCUT2D eigenvalue weighted by Gasteiger charge is -2.01. The molecule has 0 saturated heterocycles. The Morgan fingerprint density at radius 1 is 1.09 bits per heavy atom. The van der Waals surface area contributed by atoms with Crippen LogP contribution < -0.4 is 5.32 Å². The van der Waals surface area contributed by atoms with Crippen LogP contribution in [0.3, 0.4) is 0 Å². The minimum atomic E-state index is -0.165. The molecule has 0 saturated carbocycles. The first-order valence-electron chi connectivity index (χ1n) is 6.84. The highest BCUT2D eigenvalue weighted by Gasteiger charge is 2.13. The van der Waals surface area contributed by atoms with Gasteiger partial charge in [0.25, 0.3) is 5.91 Å². The van der Waals surface area contributed by atoms with Gasteiger partial charge in [0, 0.05) is 10.0 Å². The summed E-state index contributed by atoms with van der Waals surface area (Å²) in [6.45, 7) is 1.99. The van der Waals surface area contributed by atoms with Gasteiger partial charge in [-0.15, -0.1) is 11.3 Å². The van der Waals surface area contributed by atoms with Crippen LogP contribution >= 0.6 is 38.6 Å². The van der Waals surface area contributed by atoms with Gasteiger partial charge in [-0.1, -0.05) is 33.3 Å². The summed E-state index contributed by atoms with van der Waals surface area (Å²) >= 11 is 6.51. The van der Waals surface area contributed by atoms with Crippen molar-refractivity contribution in [1.82, 2.24) is 9.97 Å². The SMILES string of the molecule is Cc1nc2ccc3nc(NC(=O)c4cccc(Br)c4)sc3c2s1. The molecule has 23 heavy (non-hydrogen) atoms. The van der Waals surface area contributed by atoms with Crippen molar-refractivity contribution >= 4 is 70.1 Å². The Morgan fingerprint density at radius 3 is 2.61 bits per heavy atom. The third-order valence-corrected chi connectivity index (χ3v) is 5.96. The number of nitrogens with zero attached hydrogens (tertiary/aromatic N) is 2. The molecule has 4 rings (SSSR count). The normalized spacial score (nSPS) is 11.2. The predicted octanol–water partition coefficient (Wildman–Crippen LogP) is 5.23. The summed E-state index contributed by atoms with van der Waals surface area (Å²) in [7, 11) is 0. The molecule has 1 N–H and O–H groups in total. The lowest BCUT2D eigenvalue weighted by atomic mass is 10.2. The summed E-state index contributed by atoms with van der Waals surface area (Å²) in [6.07, 6.45) is 0. The molecule has 0 aliphatic carbocycles. The van der Waals surface area contributed by atoms with Crippen molar-refractivity contribution in [2.45, 2.75) is 6.92 Å². The summed E-state index contributed by atoms with van der Waals surface area (Å²) < 4.78 is 3.06. The van der Waals surface area contributed by atoms with Gasteiger partial charge in [0.2, 0.25) is 0 Å². The van der Waals surface area contributed by atoms with E-state index in [-0.39, 0.29) is 5.91 Å². The molecule has 1 amide bonds. The topological polar surface area (TPSA) is 54.9 Å². The lowest BCUT2D eigenvalue weighted by molar-refractivity contribution is 0.102. The van der Waals surface area contributed by atoms with E-state index in [0.717, 1.165) is 29.9 Å². The molecule has 2 aromatic heterocycles. The highest BCUT2D eigenvalue weighted by molar-refractivity contribution is 9.10. The average molecular weight is 404 g/mol. The van der Waals surface area contributed by atoms with Gasteiger partial charge in [0.05, 0.1) is 25.4 Å². The van der Waals surface area contributed by atoms with E-state index >= 15 is 0 Å². The molecule has 0 bridgehead atoms. The van der Waals surface area contributed by atoms with Crippen LogP contribution in [0.15, 0.2) is 40.9 Å². The molecule has 4 nitrogen and oxygen atoms in total. The molecule has 0 spiro atoms. The minimum Gasteiger partial charge on any atom is -0.298 e. The Morgan fingerprint density at radius 2 is 1.83 bits per heavy atom. The molecule has 2 heterocycles. The van der Waals surface area contributed by atoms with Crippen molar-refractivity contribution in [2.24, 2.45) is 0 Å². The highest BCUT2D eigenvalue weighted by Crippen LogP contribution is 2.35. The first kappa shape index (κ1) is 14.7. The van der Waals surface area contributed by atoms with Crippen LogP contribution in [-0.2, 0) is 0 Å². The van der Waals surface area contributed by atoms with Crippen LogP contribution in [0.2, 0.25) is 0 Å². The number of halogens is 1. The molecule has 0 atom stereocenters. The van der Waals surface area contributed by atoms with Gasteiger partial charge in [-0.2, -0.15) is 0 Å². The number of nitrogens with one attached hydrogen (secondary N) is 1. The number of amides is 1. The first-order valence-corrected chi connectivity index (χ1v) is 9.26. The number of carbonyl (C=O) groups excluding carboxylic acids is 1. The number of aryl methyl sites for hydroxylation is 1. The van der Waals surface area contributed by atoms with Crippen molar-refractivity contribution in [1.29, 1.82) is 0 Å². The number of fused-ring (bicyclic) bond motifs is 3. The fourth-order valence-electron chi connectivity index (χ4n) is 2.34. The van der Waals surface area contributed by atoms with Crippen molar-refractivity contribution < 1.29 is 4.79 Å². The number of thiazole rings is 2. The van der Waals surface area contributed by atoms with Crippen LogP contribution in [0.4, 0.5) is 5.13 Å². The van der Waals surface area contributed by atoms with Crippen molar-refractivity contribution in [2.75, 3.05) is 5.32 Å². The van der Waals surface area contributed by atoms with Crippen LogP contribution in [-0.4, -0.2) is 15.9 Å². The molecule has 114 valence electrons. The second-order valence-electron chi connectivity index (χ2n) is 4.98. The summed E-state index contributed by atoms with van der Waals surface area (Å²) in [5.74, 6) is -0.165. The largest absolute Gasteiger partial charge is 0.298 e. The molecular weight excluding hydrogens is 394 g/mol. The Bertz CT molecular complexity index is 1050. The quantitative estimate of drug-likeness (QED) is 0.498. The van der Waals surface area contributed by atoms with Gasteiger partial charge in [-0.3, -0.25) is 10.1 Å². The fraction of sp³-hybridized carbons (Fsp3) is 0.0625. The van der Waals surface area contributed by atoms with E-state index < -0.39 is 0 Å². The zero-order valence-corrected chi connectivity index (χ0v) is 15.2. The molecule has 0 unspecified atom stereocenters. The number of hydrogen-bond acceptors (Lipinski definition) is 5. The third kappa shape index (κ3) is 2.75. The molecule has 7 heteroatoms. The molecule has 2 aromatic carbocycles. The maximum absolute atomic E-state index is 12.3. The molecule has 4 aromatic rings. The smallest absolute Gasteiger partial charge is 0.257 e. The van der Waals surface area contributed by atoms with Gasteiger partial charge < -0.3 is 0 Å². The average Bonchev–Trinajstić information content (AvgIpc) is 3.08. The zero-order chi connectivity index (χ0) is 16.0. The van der Waals surface area contributed by atoms with Crippen LogP contribution in [0.25, 0.3) is 20.4 Å². The van der Waals surface area contributed by atoms with E-state index in [0.29, 0.717) is 10.7 Å². The standard InChI is InChI=1S/C16H10BrN3OS2/c1-8-18-11-5-6-12-14(13(11)22-8)23-16(19-12)20-15(21)9-3-2-4-10(17)7-9/h2-7H,1H3,(H,19,20,21). The number of aromatic nitrogens is 2. The van der Waals surface area contributed by atoms with Gasteiger partial charge in [-0.05, 0) is 37.3 Å². The van der Waals surface area contributed by atoms with E-state index in [1.165, 1.54) is 11.3 Å². The van der Waals surface area contributed by atoms with Gasteiger partial charge in [0.15, 0.2) is 5.13 Å². The second kappa shape index (κ2) is 5.67. The molecule has 0 fully saturated rings. The number of anilines is 1. The van der Waals surface area contributed by atoms with Crippen molar-refractivity contribution in [3.8, 4) is 0 Å². The first-order chi connectivity index (χ1) is 11.1. The van der Waals surface area contributed by atoms with E-state index in [1.807, 2.05) is 31.2 Å². The molecule has 0 aliphatic heterocycles. The number of benzene rings is 2. The number of carbonyl (C=O) groups is 1. The highest BCUT2D eigenvalue weighted by atomic mass is 79.9. The lowest BCUT2D eigenvalue weighted by Crippen LogP contribution is -2.11. The second-order valence-corrected chi connectivity index (χ2v) is 8.10. The van der Waals surface area contributed by atoms with Gasteiger partial charge in [-0.25, -0.2) is 9.97 Å². The summed E-state index contributed by atoms with van der Waals surface area (Å²) in [5.41, 5.74) is 2.46. The molecule has 0 radical (unpaired) electrons. The van der Waals surface area contributed by atoms with E-state index in [4.69, 9.17) is 0 Å². The Labute approximate surface area is 148 Å². The zero-order valence-electron chi connectivity index (χ0n) is 12.0. The monoisotopic (exact) mass is 403 g/mol. The van der Waals surface area contributed by atoms with Crippen molar-refractivity contribution in [3.05, 3.63) is 51.4 Å². The van der Waals surface area contributed by atoms with Gasteiger partial charge in [0.1, 0.15) is 0 Å². The summed E-state index contributed by atoms with van der Waals surface area (Å²) in [6, 6.07) is 11.2. The van der Waals surface area contributed by atoms with E-state index in [2.05, 4.69) is 31.2 Å². The minimum absolute atomic E-state index is 0.165. The number of hydrogen-bond donors (Lipinski definition) is 1. The number of rotatable bonds is 2. The summed E-state index contributed by atoms with van der Waals surface area (Å²) in [4.78, 5) is 21.3. The Kier molecular flexibility index (Phi) is 3.63. The van der Waals surface area contributed by atoms with Crippen LogP contribution in [0.1, 0.15) is 15.4 Å². The third-order valence-electron chi connectivity index (χ3n) is 3.33. The Hall–Kier alpha value is -1.83. The van der Waals surface area contributed by atoms with E-state index in [1.54, 1.807) is 23.5 Å². The van der Waals surface area contributed by atoms with Gasteiger partial charge >= 0.3 is 0 Å². The molecule has 0 aliphatic rings. The summed E-state index contributed by atoms with van der Waals surface area (Å²) in [5, 5.41) is 4.51. The predicted molar refractivity (Wildman–Crippen MR) is 99.6 cm³/mol. The Balaban J connectivity index is 1.72. The maximum Gasteiger partial charge on any atom is 0.257 e. The molecular formula is C16H10BrN3OS2. The fourth-order valence-corrected chi connectivity index (χ4v) is 4.74. The van der Waals surface area contributed by atoms with Crippen LogP contribution in [0, 0.1) is 6.92 Å². The maximum atomic E-state index is 12.3. The van der Waals surface area contributed by atoms with E-state index in [9.17, 15) is 4.79 Å².